The summed E-state index contributed by atoms with van der Waals surface area (Å²) in [6.45, 7) is 2.14. The van der Waals surface area contributed by atoms with Crippen LogP contribution >= 0.6 is 0 Å². The summed E-state index contributed by atoms with van der Waals surface area (Å²) < 4.78 is 17.1. The molecule has 6 rings (SSSR count). The minimum atomic E-state index is -0.286. The fraction of sp³-hybridized carbons (Fsp3) is 0.200. The zero-order valence-corrected chi connectivity index (χ0v) is 21.3. The highest BCUT2D eigenvalue weighted by atomic mass is 19.1. The number of piperazine rings is 1. The van der Waals surface area contributed by atoms with Crippen LogP contribution in [0, 0.1) is 29.5 Å². The lowest BCUT2D eigenvalue weighted by Crippen LogP contribution is -2.53. The second-order valence-corrected chi connectivity index (χ2v) is 9.60. The van der Waals surface area contributed by atoms with E-state index in [1.807, 2.05) is 31.7 Å². The summed E-state index contributed by atoms with van der Waals surface area (Å²) in [5, 5.41) is 22.2. The number of hydrogen-bond acceptors (Lipinski definition) is 6. The molecule has 0 radical (unpaired) electrons. The monoisotopic (exact) mass is 516 g/mol. The van der Waals surface area contributed by atoms with E-state index in [2.05, 4.69) is 43.5 Å². The third-order valence-electron chi connectivity index (χ3n) is 7.22. The summed E-state index contributed by atoms with van der Waals surface area (Å²) in [5.41, 5.74) is 6.71. The lowest BCUT2D eigenvalue weighted by Gasteiger charge is -2.38. The summed E-state index contributed by atoms with van der Waals surface area (Å²) in [7, 11) is 1.88. The Labute approximate surface area is 225 Å². The molecule has 9 heteroatoms. The topological polar surface area (TPSA) is 87.1 Å². The van der Waals surface area contributed by atoms with Gasteiger partial charge in [-0.3, -0.25) is 9.67 Å². The van der Waals surface area contributed by atoms with Gasteiger partial charge in [0.1, 0.15) is 11.9 Å². The predicted molar refractivity (Wildman–Crippen MR) is 147 cm³/mol. The van der Waals surface area contributed by atoms with Crippen molar-refractivity contribution >= 4 is 11.2 Å². The van der Waals surface area contributed by atoms with Gasteiger partial charge < -0.3 is 10.2 Å². The Kier molecular flexibility index (Phi) is 6.28. The number of hydrogen-bond donors (Lipinski definition) is 1. The van der Waals surface area contributed by atoms with Gasteiger partial charge in [-0.05, 0) is 29.8 Å². The Bertz CT molecular complexity index is 1740. The van der Waals surface area contributed by atoms with Crippen LogP contribution in [0.3, 0.4) is 0 Å². The van der Waals surface area contributed by atoms with Crippen molar-refractivity contribution in [2.45, 2.75) is 12.0 Å². The quantitative estimate of drug-likeness (QED) is 0.356. The minimum absolute atomic E-state index is 0.0402. The molecule has 1 saturated heterocycles. The van der Waals surface area contributed by atoms with Gasteiger partial charge >= 0.3 is 0 Å². The Morgan fingerprint density at radius 2 is 1.92 bits per heavy atom. The van der Waals surface area contributed by atoms with Gasteiger partial charge in [0.25, 0.3) is 0 Å². The zero-order valence-electron chi connectivity index (χ0n) is 21.3. The van der Waals surface area contributed by atoms with E-state index in [0.717, 1.165) is 52.1 Å². The molecule has 5 heterocycles. The van der Waals surface area contributed by atoms with Crippen molar-refractivity contribution in [3.05, 3.63) is 90.5 Å². The molecule has 0 bridgehead atoms. The van der Waals surface area contributed by atoms with Crippen molar-refractivity contribution in [2.24, 2.45) is 7.05 Å². The summed E-state index contributed by atoms with van der Waals surface area (Å²) in [6.07, 6.45) is 16.8. The van der Waals surface area contributed by atoms with Crippen LogP contribution in [0.15, 0.2) is 73.6 Å². The number of aryl methyl sites for hydroxylation is 1. The molecule has 0 amide bonds. The molecule has 192 valence electrons. The number of halogens is 1. The summed E-state index contributed by atoms with van der Waals surface area (Å²) in [6, 6.07) is 12.7. The van der Waals surface area contributed by atoms with Crippen LogP contribution in [0.1, 0.15) is 17.0 Å². The molecule has 2 unspecified atom stereocenters. The number of nitriles is 1. The Morgan fingerprint density at radius 3 is 2.67 bits per heavy atom. The molecule has 8 nitrogen and oxygen atoms in total. The maximum absolute atomic E-state index is 13.6. The maximum atomic E-state index is 13.6. The van der Waals surface area contributed by atoms with Crippen LogP contribution in [0.5, 0.6) is 0 Å². The lowest BCUT2D eigenvalue weighted by molar-refractivity contribution is 0.433. The normalized spacial score (nSPS) is 16.1. The van der Waals surface area contributed by atoms with Gasteiger partial charge in [-0.25, -0.2) is 8.91 Å². The van der Waals surface area contributed by atoms with Crippen LogP contribution in [-0.4, -0.2) is 50.1 Å². The zero-order chi connectivity index (χ0) is 26.9. The van der Waals surface area contributed by atoms with Crippen LogP contribution in [0.4, 0.5) is 10.1 Å². The second-order valence-electron chi connectivity index (χ2n) is 9.60. The molecule has 0 saturated carbocycles. The highest BCUT2D eigenvalue weighted by molar-refractivity contribution is 5.92. The number of benzene rings is 1. The summed E-state index contributed by atoms with van der Waals surface area (Å²) in [4.78, 5) is 6.75. The Morgan fingerprint density at radius 1 is 1.08 bits per heavy atom. The van der Waals surface area contributed by atoms with E-state index < -0.39 is 0 Å². The standard InChI is InChI=1S/C30H25FN8/c1-3-25(20-4-6-24(31)7-5-20)28-19-38(11-10-34-28)29-8-9-33-16-27(29)26-12-21(23-15-35-37(2)17-23)18-39-30(26)22(13-32)14-36-39/h1,4-9,12,14-18,25,28,34H,10-11,19H2,2H3. The van der Waals surface area contributed by atoms with Crippen LogP contribution in [0.25, 0.3) is 27.8 Å². The van der Waals surface area contributed by atoms with E-state index in [9.17, 15) is 9.65 Å². The van der Waals surface area contributed by atoms with E-state index in [1.54, 1.807) is 39.9 Å². The van der Waals surface area contributed by atoms with Crippen molar-refractivity contribution in [1.29, 1.82) is 5.26 Å². The molecule has 5 aromatic rings. The van der Waals surface area contributed by atoms with Crippen molar-refractivity contribution in [3.8, 4) is 40.7 Å². The summed E-state index contributed by atoms with van der Waals surface area (Å²) >= 11 is 0. The van der Waals surface area contributed by atoms with Crippen molar-refractivity contribution < 1.29 is 4.39 Å². The number of fused-ring (bicyclic) bond motifs is 1. The molecule has 0 aliphatic carbocycles. The van der Waals surface area contributed by atoms with Gasteiger partial charge in [0.2, 0.25) is 0 Å². The lowest BCUT2D eigenvalue weighted by atomic mass is 9.90. The molecule has 1 fully saturated rings. The SMILES string of the molecule is C#CC(c1ccc(F)cc1)C1CN(c2ccncc2-c2cc(-c3cnn(C)c3)cn3ncc(C#N)c23)CCN1. The fourth-order valence-electron chi connectivity index (χ4n) is 5.34. The van der Waals surface area contributed by atoms with Crippen LogP contribution in [0.2, 0.25) is 0 Å². The average molecular weight is 517 g/mol. The van der Waals surface area contributed by atoms with Gasteiger partial charge in [-0.2, -0.15) is 15.5 Å². The molecule has 39 heavy (non-hydrogen) atoms. The third kappa shape index (κ3) is 4.50. The van der Waals surface area contributed by atoms with Crippen molar-refractivity contribution in [2.75, 3.05) is 24.5 Å². The fourth-order valence-corrected chi connectivity index (χ4v) is 5.34. The van der Waals surface area contributed by atoms with Gasteiger partial charge in [0.15, 0.2) is 0 Å². The van der Waals surface area contributed by atoms with E-state index in [0.29, 0.717) is 12.1 Å². The van der Waals surface area contributed by atoms with Crippen LogP contribution < -0.4 is 10.2 Å². The maximum Gasteiger partial charge on any atom is 0.123 e. The Balaban J connectivity index is 1.43. The average Bonchev–Trinajstić information content (AvgIpc) is 3.60. The minimum Gasteiger partial charge on any atom is -0.368 e. The van der Waals surface area contributed by atoms with Gasteiger partial charge in [0, 0.05) is 85.5 Å². The van der Waals surface area contributed by atoms with Gasteiger partial charge in [-0.15, -0.1) is 6.42 Å². The van der Waals surface area contributed by atoms with E-state index in [4.69, 9.17) is 6.42 Å². The number of aromatic nitrogens is 5. The van der Waals surface area contributed by atoms with Gasteiger partial charge in [-0.1, -0.05) is 18.1 Å². The molecule has 1 aliphatic heterocycles. The van der Waals surface area contributed by atoms with E-state index in [-0.39, 0.29) is 17.8 Å². The third-order valence-corrected chi connectivity index (χ3v) is 7.22. The number of anilines is 1. The largest absolute Gasteiger partial charge is 0.368 e. The number of nitrogens with zero attached hydrogens (tertiary/aromatic N) is 7. The predicted octanol–water partition coefficient (Wildman–Crippen LogP) is 4.00. The van der Waals surface area contributed by atoms with E-state index in [1.165, 1.54) is 12.1 Å². The molecule has 1 N–H and O–H groups in total. The molecule has 1 aliphatic rings. The Hall–Kier alpha value is -4.99. The highest BCUT2D eigenvalue weighted by Crippen LogP contribution is 2.37. The number of rotatable bonds is 5. The molecular formula is C30H25FN8. The number of nitrogens with one attached hydrogen (secondary N) is 1. The first kappa shape index (κ1) is 24.4. The number of terminal acetylenes is 1. The summed E-state index contributed by atoms with van der Waals surface area (Å²) in [5.74, 6) is 2.40. The van der Waals surface area contributed by atoms with Crippen molar-refractivity contribution in [3.63, 3.8) is 0 Å². The number of pyridine rings is 2. The second kappa shape index (κ2) is 10.1. The van der Waals surface area contributed by atoms with Crippen LogP contribution in [-0.2, 0) is 7.05 Å². The first-order valence-electron chi connectivity index (χ1n) is 12.6. The first-order chi connectivity index (χ1) is 19.1. The highest BCUT2D eigenvalue weighted by Gasteiger charge is 2.29. The van der Waals surface area contributed by atoms with Crippen molar-refractivity contribution in [1.82, 2.24) is 29.7 Å². The smallest absolute Gasteiger partial charge is 0.123 e. The first-order valence-corrected chi connectivity index (χ1v) is 12.6. The molecular weight excluding hydrogens is 491 g/mol. The molecule has 1 aromatic carbocycles. The molecule has 4 aromatic heterocycles. The molecule has 0 spiro atoms. The van der Waals surface area contributed by atoms with Gasteiger partial charge in [0.05, 0.1) is 29.4 Å². The van der Waals surface area contributed by atoms with E-state index >= 15 is 0 Å². The molecule has 2 atom stereocenters.